The fraction of sp³-hybridized carbons (Fsp3) is 0.133. The lowest BCUT2D eigenvalue weighted by atomic mass is 10.0. The molecule has 0 radical (unpaired) electrons. The van der Waals surface area contributed by atoms with E-state index in [1.54, 1.807) is 18.3 Å². The van der Waals surface area contributed by atoms with Crippen molar-refractivity contribution in [1.29, 1.82) is 0 Å². The van der Waals surface area contributed by atoms with Gasteiger partial charge in [-0.3, -0.25) is 0 Å². The molecule has 0 aliphatic rings. The van der Waals surface area contributed by atoms with Crippen LogP contribution in [-0.4, -0.2) is 11.5 Å². The normalized spacial score (nSPS) is 11.1. The van der Waals surface area contributed by atoms with Crippen LogP contribution in [0.2, 0.25) is 0 Å². The van der Waals surface area contributed by atoms with E-state index in [1.165, 1.54) is 6.07 Å². The van der Waals surface area contributed by atoms with Crippen molar-refractivity contribution < 1.29 is 8.81 Å². The Morgan fingerprint density at radius 1 is 1.11 bits per heavy atom. The van der Waals surface area contributed by atoms with E-state index in [0.29, 0.717) is 30.0 Å². The predicted molar refractivity (Wildman–Crippen MR) is 72.2 cm³/mol. The van der Waals surface area contributed by atoms with E-state index >= 15 is 0 Å². The largest absolute Gasteiger partial charge is 0.441 e. The van der Waals surface area contributed by atoms with Crippen LogP contribution in [0.5, 0.6) is 0 Å². The van der Waals surface area contributed by atoms with E-state index in [-0.39, 0.29) is 5.82 Å². The van der Waals surface area contributed by atoms with E-state index < -0.39 is 0 Å². The van der Waals surface area contributed by atoms with Gasteiger partial charge in [0.25, 0.3) is 0 Å². The lowest BCUT2D eigenvalue weighted by Gasteiger charge is -2.04. The summed E-state index contributed by atoms with van der Waals surface area (Å²) in [4.78, 5) is 4.17. The van der Waals surface area contributed by atoms with Crippen LogP contribution in [0.1, 0.15) is 5.89 Å². The lowest BCUT2D eigenvalue weighted by Crippen LogP contribution is -2.02. The van der Waals surface area contributed by atoms with Crippen molar-refractivity contribution in [2.45, 2.75) is 6.42 Å². The number of benzene rings is 2. The Hall–Kier alpha value is -2.20. The molecular weight excluding hydrogens is 243 g/mol. The van der Waals surface area contributed by atoms with E-state index in [4.69, 9.17) is 10.2 Å². The van der Waals surface area contributed by atoms with Gasteiger partial charge in [0.15, 0.2) is 11.7 Å². The van der Waals surface area contributed by atoms with Crippen molar-refractivity contribution in [1.82, 2.24) is 4.98 Å². The summed E-state index contributed by atoms with van der Waals surface area (Å²) in [7, 11) is 0. The molecule has 1 heterocycles. The third kappa shape index (κ3) is 2.11. The predicted octanol–water partition coefficient (Wildman–Crippen LogP) is 3.14. The molecule has 0 saturated carbocycles. The molecule has 0 unspecified atom stereocenters. The van der Waals surface area contributed by atoms with E-state index in [1.807, 2.05) is 18.2 Å². The first kappa shape index (κ1) is 11.9. The van der Waals surface area contributed by atoms with Gasteiger partial charge in [-0.15, -0.1) is 0 Å². The summed E-state index contributed by atoms with van der Waals surface area (Å²) in [6, 6.07) is 10.5. The van der Waals surface area contributed by atoms with Crippen LogP contribution in [0, 0.1) is 5.82 Å². The summed E-state index contributed by atoms with van der Waals surface area (Å²) >= 11 is 0. The average molecular weight is 256 g/mol. The maximum Gasteiger partial charge on any atom is 0.196 e. The first-order valence-corrected chi connectivity index (χ1v) is 6.12. The first-order chi connectivity index (χ1) is 9.29. The zero-order valence-electron chi connectivity index (χ0n) is 10.3. The van der Waals surface area contributed by atoms with Crippen LogP contribution in [0.15, 0.2) is 47.0 Å². The van der Waals surface area contributed by atoms with Crippen molar-refractivity contribution in [3.05, 3.63) is 54.3 Å². The molecule has 0 amide bonds. The highest BCUT2D eigenvalue weighted by molar-refractivity contribution is 5.95. The SMILES string of the molecule is NCCc1ncc(-c2ccc(F)c3ccccc23)o1. The monoisotopic (exact) mass is 256 g/mol. The Kier molecular flexibility index (Phi) is 3.01. The standard InChI is InChI=1S/C15H13FN2O/c16-13-6-5-12(10-3-1-2-4-11(10)13)14-9-18-15(19-14)7-8-17/h1-6,9H,7-8,17H2. The third-order valence-corrected chi connectivity index (χ3v) is 3.05. The lowest BCUT2D eigenvalue weighted by molar-refractivity contribution is 0.508. The highest BCUT2D eigenvalue weighted by Gasteiger charge is 2.11. The second-order valence-corrected chi connectivity index (χ2v) is 4.30. The van der Waals surface area contributed by atoms with Gasteiger partial charge >= 0.3 is 0 Å². The summed E-state index contributed by atoms with van der Waals surface area (Å²) < 4.78 is 19.4. The number of nitrogens with two attached hydrogens (primary N) is 1. The Morgan fingerprint density at radius 3 is 2.68 bits per heavy atom. The average Bonchev–Trinajstić information content (AvgIpc) is 2.88. The summed E-state index contributed by atoms with van der Waals surface area (Å²) in [5.41, 5.74) is 6.31. The van der Waals surface area contributed by atoms with Crippen LogP contribution in [0.4, 0.5) is 4.39 Å². The molecule has 0 aliphatic carbocycles. The maximum atomic E-state index is 13.7. The van der Waals surface area contributed by atoms with Gasteiger partial charge in [0.1, 0.15) is 5.82 Å². The molecule has 2 aromatic carbocycles. The van der Waals surface area contributed by atoms with Crippen molar-refractivity contribution in [3.63, 3.8) is 0 Å². The molecule has 3 aromatic rings. The van der Waals surface area contributed by atoms with Gasteiger partial charge in [-0.25, -0.2) is 9.37 Å². The first-order valence-electron chi connectivity index (χ1n) is 6.12. The molecule has 96 valence electrons. The Balaban J connectivity index is 2.16. The molecule has 0 spiro atoms. The van der Waals surface area contributed by atoms with Crippen LogP contribution in [0.25, 0.3) is 22.1 Å². The molecule has 2 N–H and O–H groups in total. The van der Waals surface area contributed by atoms with Crippen LogP contribution in [-0.2, 0) is 6.42 Å². The molecule has 0 fully saturated rings. The van der Waals surface area contributed by atoms with Gasteiger partial charge in [-0.05, 0) is 17.5 Å². The summed E-state index contributed by atoms with van der Waals surface area (Å²) in [6.45, 7) is 0.490. The number of fused-ring (bicyclic) bond motifs is 1. The fourth-order valence-electron chi connectivity index (χ4n) is 2.15. The molecule has 0 bridgehead atoms. The van der Waals surface area contributed by atoms with Crippen molar-refractivity contribution in [3.8, 4) is 11.3 Å². The number of hydrogen-bond acceptors (Lipinski definition) is 3. The number of aromatic nitrogens is 1. The van der Waals surface area contributed by atoms with Gasteiger partial charge < -0.3 is 10.2 Å². The van der Waals surface area contributed by atoms with Crippen LogP contribution >= 0.6 is 0 Å². The van der Waals surface area contributed by atoms with E-state index in [9.17, 15) is 4.39 Å². The zero-order valence-corrected chi connectivity index (χ0v) is 10.3. The molecule has 0 aliphatic heterocycles. The van der Waals surface area contributed by atoms with Crippen molar-refractivity contribution in [2.75, 3.05) is 6.54 Å². The molecule has 0 saturated heterocycles. The molecule has 0 atom stereocenters. The third-order valence-electron chi connectivity index (χ3n) is 3.05. The van der Waals surface area contributed by atoms with Gasteiger partial charge in [0.05, 0.1) is 6.20 Å². The van der Waals surface area contributed by atoms with Gasteiger partial charge in [-0.1, -0.05) is 24.3 Å². The van der Waals surface area contributed by atoms with E-state index in [2.05, 4.69) is 4.98 Å². The minimum absolute atomic E-state index is 0.235. The molecule has 3 nitrogen and oxygen atoms in total. The molecule has 19 heavy (non-hydrogen) atoms. The fourth-order valence-corrected chi connectivity index (χ4v) is 2.15. The van der Waals surface area contributed by atoms with Crippen molar-refractivity contribution >= 4 is 10.8 Å². The quantitative estimate of drug-likeness (QED) is 0.783. The topological polar surface area (TPSA) is 52.0 Å². The Bertz CT molecular complexity index is 721. The Labute approximate surface area is 109 Å². The summed E-state index contributed by atoms with van der Waals surface area (Å²) in [5.74, 6) is 1.01. The number of hydrogen-bond donors (Lipinski definition) is 1. The van der Waals surface area contributed by atoms with Crippen molar-refractivity contribution in [2.24, 2.45) is 5.73 Å². The summed E-state index contributed by atoms with van der Waals surface area (Å²) in [5, 5.41) is 1.40. The number of rotatable bonds is 3. The van der Waals surface area contributed by atoms with Gasteiger partial charge in [-0.2, -0.15) is 0 Å². The smallest absolute Gasteiger partial charge is 0.196 e. The van der Waals surface area contributed by atoms with Gasteiger partial charge in [0, 0.05) is 23.9 Å². The van der Waals surface area contributed by atoms with Gasteiger partial charge in [0.2, 0.25) is 0 Å². The molecular formula is C15H13FN2O. The highest BCUT2D eigenvalue weighted by atomic mass is 19.1. The van der Waals surface area contributed by atoms with Crippen LogP contribution < -0.4 is 5.73 Å². The minimum atomic E-state index is -0.235. The summed E-state index contributed by atoms with van der Waals surface area (Å²) in [6.07, 6.45) is 2.25. The Morgan fingerprint density at radius 2 is 1.89 bits per heavy atom. The highest BCUT2D eigenvalue weighted by Crippen LogP contribution is 2.30. The molecule has 4 heteroatoms. The minimum Gasteiger partial charge on any atom is -0.441 e. The number of halogens is 1. The zero-order chi connectivity index (χ0) is 13.2. The molecule has 1 aromatic heterocycles. The second kappa shape index (κ2) is 4.82. The number of oxazole rings is 1. The number of nitrogens with zero attached hydrogens (tertiary/aromatic N) is 1. The second-order valence-electron chi connectivity index (χ2n) is 4.30. The molecule has 3 rings (SSSR count). The van der Waals surface area contributed by atoms with E-state index in [0.717, 1.165) is 10.9 Å². The maximum absolute atomic E-state index is 13.7. The van der Waals surface area contributed by atoms with Crippen LogP contribution in [0.3, 0.4) is 0 Å².